The van der Waals surface area contributed by atoms with Gasteiger partial charge in [-0.25, -0.2) is 4.99 Å². The molecule has 1 aromatic carbocycles. The van der Waals surface area contributed by atoms with E-state index >= 15 is 0 Å². The van der Waals surface area contributed by atoms with E-state index < -0.39 is 0 Å². The molecule has 7 heteroatoms. The lowest BCUT2D eigenvalue weighted by Gasteiger charge is -2.28. The zero-order valence-corrected chi connectivity index (χ0v) is 19.8. The van der Waals surface area contributed by atoms with Gasteiger partial charge in [0.25, 0.3) is 0 Å². The van der Waals surface area contributed by atoms with Gasteiger partial charge < -0.3 is 10.6 Å². The summed E-state index contributed by atoms with van der Waals surface area (Å²) in [5, 5.41) is 11.3. The molecule has 28 heavy (non-hydrogen) atoms. The number of nitrogens with one attached hydrogen (secondary N) is 2. The Balaban J connectivity index is 0.00000280. The van der Waals surface area contributed by atoms with Gasteiger partial charge in [0, 0.05) is 51.0 Å². The van der Waals surface area contributed by atoms with Gasteiger partial charge in [0.2, 0.25) is 0 Å². The molecule has 1 aliphatic heterocycles. The van der Waals surface area contributed by atoms with Crippen LogP contribution in [-0.4, -0.2) is 46.8 Å². The van der Waals surface area contributed by atoms with E-state index in [-0.39, 0.29) is 24.0 Å². The average Bonchev–Trinajstić information content (AvgIpc) is 2.91. The first-order chi connectivity index (χ1) is 13.1. The van der Waals surface area contributed by atoms with Gasteiger partial charge in [0.1, 0.15) is 0 Å². The summed E-state index contributed by atoms with van der Waals surface area (Å²) in [4.78, 5) is 7.27. The van der Waals surface area contributed by atoms with Gasteiger partial charge in [0.15, 0.2) is 5.96 Å². The summed E-state index contributed by atoms with van der Waals surface area (Å²) in [7, 11) is 1.98. The molecule has 0 aliphatic carbocycles. The molecule has 1 aromatic heterocycles. The molecule has 0 saturated carbocycles. The number of rotatable bonds is 6. The van der Waals surface area contributed by atoms with Crippen molar-refractivity contribution in [2.75, 3.05) is 26.2 Å². The van der Waals surface area contributed by atoms with Crippen molar-refractivity contribution in [3.05, 3.63) is 52.3 Å². The minimum atomic E-state index is 0. The third-order valence-corrected chi connectivity index (χ3v) is 5.33. The second-order valence-corrected chi connectivity index (χ2v) is 7.19. The monoisotopic (exact) mass is 496 g/mol. The first-order valence-electron chi connectivity index (χ1n) is 9.89. The van der Waals surface area contributed by atoms with Gasteiger partial charge in [0.05, 0.1) is 12.2 Å². The number of aromatic nitrogens is 2. The summed E-state index contributed by atoms with van der Waals surface area (Å²) in [6.07, 6.45) is 1.14. The Morgan fingerprint density at radius 1 is 1.18 bits per heavy atom. The first-order valence-corrected chi connectivity index (χ1v) is 9.89. The zero-order valence-electron chi connectivity index (χ0n) is 17.5. The molecule has 0 unspecified atom stereocenters. The summed E-state index contributed by atoms with van der Waals surface area (Å²) in [5.41, 5.74) is 6.41. The standard InChI is InChI=1S/C21H32N6.HI/c1-5-22-21(24-14-20-16(2)25-26(4)17(20)3)23-11-13-27-12-10-18-8-6-7-9-19(18)15-27;/h6-9H,5,10-15H2,1-4H3,(H2,22,23,24);1H. The molecule has 0 spiro atoms. The van der Waals surface area contributed by atoms with Gasteiger partial charge in [-0.15, -0.1) is 24.0 Å². The molecule has 0 amide bonds. The molecule has 2 heterocycles. The smallest absolute Gasteiger partial charge is 0.191 e. The minimum absolute atomic E-state index is 0. The largest absolute Gasteiger partial charge is 0.357 e. The topological polar surface area (TPSA) is 57.5 Å². The predicted octanol–water partition coefficient (Wildman–Crippen LogP) is 2.77. The van der Waals surface area contributed by atoms with Gasteiger partial charge in [-0.3, -0.25) is 9.58 Å². The number of halogens is 1. The van der Waals surface area contributed by atoms with Crippen LogP contribution in [0.1, 0.15) is 35.0 Å². The SMILES string of the molecule is CCNC(=NCc1c(C)nn(C)c1C)NCCN1CCc2ccccc2C1.I. The number of hydrogen-bond acceptors (Lipinski definition) is 3. The lowest BCUT2D eigenvalue weighted by molar-refractivity contribution is 0.258. The van der Waals surface area contributed by atoms with Crippen LogP contribution in [0.3, 0.4) is 0 Å². The summed E-state index contributed by atoms with van der Waals surface area (Å²) >= 11 is 0. The molecule has 0 bridgehead atoms. The molecule has 154 valence electrons. The third-order valence-electron chi connectivity index (χ3n) is 5.33. The normalized spacial score (nSPS) is 14.4. The highest BCUT2D eigenvalue weighted by atomic mass is 127. The number of nitrogens with zero attached hydrogens (tertiary/aromatic N) is 4. The van der Waals surface area contributed by atoms with Crippen molar-refractivity contribution in [1.29, 1.82) is 0 Å². The molecular weight excluding hydrogens is 463 g/mol. The maximum Gasteiger partial charge on any atom is 0.191 e. The van der Waals surface area contributed by atoms with Crippen LogP contribution in [0.15, 0.2) is 29.3 Å². The Morgan fingerprint density at radius 2 is 1.93 bits per heavy atom. The van der Waals surface area contributed by atoms with Crippen molar-refractivity contribution in [2.24, 2.45) is 12.0 Å². The second-order valence-electron chi connectivity index (χ2n) is 7.19. The first kappa shape index (κ1) is 22.7. The van der Waals surface area contributed by atoms with E-state index in [1.54, 1.807) is 0 Å². The Labute approximate surface area is 185 Å². The van der Waals surface area contributed by atoms with Crippen molar-refractivity contribution >= 4 is 29.9 Å². The highest BCUT2D eigenvalue weighted by Gasteiger charge is 2.15. The van der Waals surface area contributed by atoms with Gasteiger partial charge >= 0.3 is 0 Å². The molecule has 0 saturated heterocycles. The Bertz CT molecular complexity index is 798. The maximum absolute atomic E-state index is 4.76. The molecule has 2 aromatic rings. The number of hydrogen-bond donors (Lipinski definition) is 2. The number of guanidine groups is 1. The van der Waals surface area contributed by atoms with E-state index in [4.69, 9.17) is 4.99 Å². The van der Waals surface area contributed by atoms with Crippen LogP contribution in [0, 0.1) is 13.8 Å². The number of aryl methyl sites for hydroxylation is 2. The van der Waals surface area contributed by atoms with Crippen molar-refractivity contribution < 1.29 is 0 Å². The summed E-state index contributed by atoms with van der Waals surface area (Å²) in [6, 6.07) is 8.78. The highest BCUT2D eigenvalue weighted by molar-refractivity contribution is 14.0. The van der Waals surface area contributed by atoms with Gasteiger partial charge in [-0.2, -0.15) is 5.10 Å². The number of benzene rings is 1. The fourth-order valence-electron chi connectivity index (χ4n) is 3.62. The lowest BCUT2D eigenvalue weighted by atomic mass is 10.00. The van der Waals surface area contributed by atoms with Crippen molar-refractivity contribution in [3.8, 4) is 0 Å². The van der Waals surface area contributed by atoms with Crippen LogP contribution < -0.4 is 10.6 Å². The van der Waals surface area contributed by atoms with Crippen LogP contribution in [0.4, 0.5) is 0 Å². The van der Waals surface area contributed by atoms with Gasteiger partial charge in [-0.1, -0.05) is 24.3 Å². The summed E-state index contributed by atoms with van der Waals surface area (Å²) in [5.74, 6) is 0.873. The van der Waals surface area contributed by atoms with Crippen LogP contribution in [0.2, 0.25) is 0 Å². The molecule has 3 rings (SSSR count). The fraction of sp³-hybridized carbons (Fsp3) is 0.524. The Morgan fingerprint density at radius 3 is 2.61 bits per heavy atom. The fourth-order valence-corrected chi connectivity index (χ4v) is 3.62. The van der Waals surface area contributed by atoms with Crippen LogP contribution in [0.5, 0.6) is 0 Å². The van der Waals surface area contributed by atoms with Crippen molar-refractivity contribution in [2.45, 2.75) is 40.3 Å². The Kier molecular flexibility index (Phi) is 8.75. The van der Waals surface area contributed by atoms with Gasteiger partial charge in [-0.05, 0) is 38.3 Å². The van der Waals surface area contributed by atoms with E-state index in [1.807, 2.05) is 18.7 Å². The van der Waals surface area contributed by atoms with E-state index in [2.05, 4.69) is 58.7 Å². The van der Waals surface area contributed by atoms with E-state index in [0.717, 1.165) is 50.8 Å². The highest BCUT2D eigenvalue weighted by Crippen LogP contribution is 2.17. The second kappa shape index (κ2) is 10.8. The minimum Gasteiger partial charge on any atom is -0.357 e. The molecule has 2 N–H and O–H groups in total. The van der Waals surface area contributed by atoms with E-state index in [0.29, 0.717) is 6.54 Å². The van der Waals surface area contributed by atoms with Crippen LogP contribution >= 0.6 is 24.0 Å². The van der Waals surface area contributed by atoms with Crippen LogP contribution in [0.25, 0.3) is 0 Å². The zero-order chi connectivity index (χ0) is 19.2. The average molecular weight is 496 g/mol. The summed E-state index contributed by atoms with van der Waals surface area (Å²) in [6.45, 7) is 11.8. The molecular formula is C21H33IN6. The van der Waals surface area contributed by atoms with Crippen molar-refractivity contribution in [3.63, 3.8) is 0 Å². The predicted molar refractivity (Wildman–Crippen MR) is 126 cm³/mol. The van der Waals surface area contributed by atoms with Crippen molar-refractivity contribution in [1.82, 2.24) is 25.3 Å². The molecule has 0 radical (unpaired) electrons. The number of aliphatic imine (C=N–C) groups is 1. The molecule has 6 nitrogen and oxygen atoms in total. The van der Waals surface area contributed by atoms with E-state index in [9.17, 15) is 0 Å². The quantitative estimate of drug-likeness (QED) is 0.367. The maximum atomic E-state index is 4.76. The third kappa shape index (κ3) is 5.70. The molecule has 0 fully saturated rings. The van der Waals surface area contributed by atoms with E-state index in [1.165, 1.54) is 22.4 Å². The number of fused-ring (bicyclic) bond motifs is 1. The lowest BCUT2D eigenvalue weighted by Crippen LogP contribution is -2.42. The van der Waals surface area contributed by atoms with Crippen LogP contribution in [-0.2, 0) is 26.6 Å². The summed E-state index contributed by atoms with van der Waals surface area (Å²) < 4.78 is 1.93. The molecule has 0 atom stereocenters. The Hall–Kier alpha value is -1.61. The molecule has 1 aliphatic rings.